The molecule has 0 atom stereocenters. The highest BCUT2D eigenvalue weighted by Crippen LogP contribution is 2.01. The average molecular weight is 196 g/mol. The van der Waals surface area contributed by atoms with Crippen LogP contribution >= 0.6 is 0 Å². The van der Waals surface area contributed by atoms with Crippen molar-refractivity contribution in [2.45, 2.75) is 46.1 Å². The number of hydrogen-bond donors (Lipinski definition) is 0. The normalized spacial score (nSPS) is 10.8. The molecule has 14 heavy (non-hydrogen) atoms. The number of nitrogens with zero attached hydrogens (tertiary/aromatic N) is 2. The van der Waals surface area contributed by atoms with Crippen LogP contribution in [0.5, 0.6) is 0 Å². The second-order valence-corrected chi connectivity index (χ2v) is 3.76. The van der Waals surface area contributed by atoms with Gasteiger partial charge < -0.3 is 0 Å². The van der Waals surface area contributed by atoms with Crippen molar-refractivity contribution < 1.29 is 0 Å². The monoisotopic (exact) mass is 196 g/mol. The zero-order chi connectivity index (χ0) is 10.6. The molecule has 0 radical (unpaired) electrons. The second kappa shape index (κ2) is 5.03. The number of aromatic nitrogens is 2. The number of imidazole rings is 1. The minimum Gasteiger partial charge on any atom is -0.299 e. The molecule has 1 aromatic heterocycles. The van der Waals surface area contributed by atoms with Gasteiger partial charge in [0.15, 0.2) is 0 Å². The molecular formula is C11H20N2O. The number of unbranched alkanes of at least 4 members (excludes halogenated alkanes) is 1. The fourth-order valence-corrected chi connectivity index (χ4v) is 1.61. The van der Waals surface area contributed by atoms with Crippen molar-refractivity contribution in [3.8, 4) is 0 Å². The zero-order valence-electron chi connectivity index (χ0n) is 9.42. The van der Waals surface area contributed by atoms with E-state index in [9.17, 15) is 4.79 Å². The molecule has 0 spiro atoms. The van der Waals surface area contributed by atoms with Crippen molar-refractivity contribution in [1.29, 1.82) is 0 Å². The lowest BCUT2D eigenvalue weighted by Crippen LogP contribution is -2.22. The van der Waals surface area contributed by atoms with Gasteiger partial charge in [0, 0.05) is 25.5 Å². The van der Waals surface area contributed by atoms with Crippen LogP contribution in [0, 0.1) is 0 Å². The lowest BCUT2D eigenvalue weighted by Gasteiger charge is -1.96. The molecule has 1 rings (SSSR count). The molecule has 0 aliphatic heterocycles. The Bertz CT molecular complexity index is 336. The van der Waals surface area contributed by atoms with Gasteiger partial charge in [0.05, 0.1) is 0 Å². The molecule has 0 fully saturated rings. The molecule has 0 N–H and O–H groups in total. The van der Waals surface area contributed by atoms with Gasteiger partial charge in [-0.15, -0.1) is 0 Å². The average Bonchev–Trinajstić information content (AvgIpc) is 2.44. The van der Waals surface area contributed by atoms with Gasteiger partial charge in [-0.05, 0) is 12.8 Å². The van der Waals surface area contributed by atoms with E-state index in [0.717, 1.165) is 37.9 Å². The predicted octanol–water partition coefficient (Wildman–Crippen LogP) is 1.94. The van der Waals surface area contributed by atoms with Crippen LogP contribution in [0.4, 0.5) is 0 Å². The van der Waals surface area contributed by atoms with Crippen LogP contribution in [0.15, 0.2) is 11.0 Å². The molecule has 1 aromatic rings. The quantitative estimate of drug-likeness (QED) is 0.707. The van der Waals surface area contributed by atoms with E-state index in [1.54, 1.807) is 4.57 Å². The van der Waals surface area contributed by atoms with E-state index in [0.29, 0.717) is 0 Å². The van der Waals surface area contributed by atoms with E-state index in [-0.39, 0.29) is 5.69 Å². The Morgan fingerprint density at radius 2 is 2.00 bits per heavy atom. The van der Waals surface area contributed by atoms with Gasteiger partial charge in [-0.1, -0.05) is 26.7 Å². The summed E-state index contributed by atoms with van der Waals surface area (Å²) in [5.41, 5.74) is 1.27. The van der Waals surface area contributed by atoms with Crippen LogP contribution < -0.4 is 5.69 Å². The van der Waals surface area contributed by atoms with Crippen LogP contribution in [-0.4, -0.2) is 9.13 Å². The summed E-state index contributed by atoms with van der Waals surface area (Å²) in [5.74, 6) is 0. The van der Waals surface area contributed by atoms with Crippen LogP contribution in [0.2, 0.25) is 0 Å². The van der Waals surface area contributed by atoms with E-state index < -0.39 is 0 Å². The first-order chi connectivity index (χ1) is 6.70. The topological polar surface area (TPSA) is 26.9 Å². The Balaban J connectivity index is 2.85. The third-order valence-electron chi connectivity index (χ3n) is 2.53. The summed E-state index contributed by atoms with van der Waals surface area (Å²) in [6, 6.07) is 0. The largest absolute Gasteiger partial charge is 0.328 e. The van der Waals surface area contributed by atoms with Gasteiger partial charge in [0.25, 0.3) is 0 Å². The molecule has 0 saturated carbocycles. The van der Waals surface area contributed by atoms with E-state index >= 15 is 0 Å². The smallest absolute Gasteiger partial charge is 0.299 e. The summed E-state index contributed by atoms with van der Waals surface area (Å²) < 4.78 is 3.59. The maximum atomic E-state index is 11.7. The summed E-state index contributed by atoms with van der Waals surface area (Å²) in [6.45, 7) is 5.13. The van der Waals surface area contributed by atoms with Gasteiger partial charge in [-0.2, -0.15) is 0 Å². The number of rotatable bonds is 5. The second-order valence-electron chi connectivity index (χ2n) is 3.76. The summed E-state index contributed by atoms with van der Waals surface area (Å²) in [4.78, 5) is 11.7. The Morgan fingerprint density at radius 1 is 1.29 bits per heavy atom. The van der Waals surface area contributed by atoms with Gasteiger partial charge in [0.2, 0.25) is 0 Å². The summed E-state index contributed by atoms with van der Waals surface area (Å²) in [6.07, 6.45) is 6.29. The van der Waals surface area contributed by atoms with Crippen LogP contribution in [-0.2, 0) is 20.0 Å². The first-order valence-electron chi connectivity index (χ1n) is 5.45. The Morgan fingerprint density at radius 3 is 2.57 bits per heavy atom. The highest BCUT2D eigenvalue weighted by atomic mass is 16.1. The first-order valence-corrected chi connectivity index (χ1v) is 5.45. The first kappa shape index (κ1) is 11.1. The van der Waals surface area contributed by atoms with Crippen LogP contribution in [0.25, 0.3) is 0 Å². The third kappa shape index (κ3) is 2.28. The SMILES string of the molecule is CCCCn1cc(CCC)n(C)c1=O. The van der Waals surface area contributed by atoms with Crippen LogP contribution in [0.1, 0.15) is 38.8 Å². The highest BCUT2D eigenvalue weighted by molar-refractivity contribution is 5.00. The molecule has 1 heterocycles. The molecule has 0 saturated heterocycles. The summed E-state index contributed by atoms with van der Waals surface area (Å²) in [5, 5.41) is 0. The minimum atomic E-state index is 0.127. The molecule has 0 aromatic carbocycles. The zero-order valence-corrected chi connectivity index (χ0v) is 9.42. The fraction of sp³-hybridized carbons (Fsp3) is 0.727. The molecule has 0 amide bonds. The molecular weight excluding hydrogens is 176 g/mol. The molecule has 3 heteroatoms. The summed E-state index contributed by atoms with van der Waals surface area (Å²) >= 11 is 0. The van der Waals surface area contributed by atoms with E-state index in [1.807, 2.05) is 17.8 Å². The molecule has 80 valence electrons. The fourth-order valence-electron chi connectivity index (χ4n) is 1.61. The molecule has 0 aliphatic carbocycles. The minimum absolute atomic E-state index is 0.127. The van der Waals surface area contributed by atoms with Crippen molar-refractivity contribution in [3.05, 3.63) is 22.4 Å². The van der Waals surface area contributed by atoms with Gasteiger partial charge >= 0.3 is 5.69 Å². The molecule has 3 nitrogen and oxygen atoms in total. The maximum Gasteiger partial charge on any atom is 0.328 e. The molecule has 0 bridgehead atoms. The Labute approximate surface area is 85.4 Å². The van der Waals surface area contributed by atoms with Crippen molar-refractivity contribution in [1.82, 2.24) is 9.13 Å². The van der Waals surface area contributed by atoms with Crippen molar-refractivity contribution in [3.63, 3.8) is 0 Å². The lowest BCUT2D eigenvalue weighted by atomic mass is 10.3. The lowest BCUT2D eigenvalue weighted by molar-refractivity contribution is 0.601. The Hall–Kier alpha value is -0.990. The van der Waals surface area contributed by atoms with Crippen LogP contribution in [0.3, 0.4) is 0 Å². The van der Waals surface area contributed by atoms with Gasteiger partial charge in [0.1, 0.15) is 0 Å². The van der Waals surface area contributed by atoms with E-state index in [1.165, 1.54) is 0 Å². The Kier molecular flexibility index (Phi) is 3.98. The number of aryl methyl sites for hydroxylation is 2. The van der Waals surface area contributed by atoms with Crippen molar-refractivity contribution >= 4 is 0 Å². The number of hydrogen-bond acceptors (Lipinski definition) is 1. The third-order valence-corrected chi connectivity index (χ3v) is 2.53. The predicted molar refractivity (Wildman–Crippen MR) is 58.6 cm³/mol. The van der Waals surface area contributed by atoms with E-state index in [2.05, 4.69) is 13.8 Å². The van der Waals surface area contributed by atoms with Crippen molar-refractivity contribution in [2.75, 3.05) is 0 Å². The standard InChI is InChI=1S/C11H20N2O/c1-4-6-8-13-9-10(7-5-2)12(3)11(13)14/h9H,4-8H2,1-3H3. The summed E-state index contributed by atoms with van der Waals surface area (Å²) in [7, 11) is 1.86. The van der Waals surface area contributed by atoms with Crippen molar-refractivity contribution in [2.24, 2.45) is 7.05 Å². The maximum absolute atomic E-state index is 11.7. The molecule has 0 unspecified atom stereocenters. The van der Waals surface area contributed by atoms with Gasteiger partial charge in [-0.25, -0.2) is 4.79 Å². The van der Waals surface area contributed by atoms with E-state index in [4.69, 9.17) is 0 Å². The molecule has 0 aliphatic rings. The van der Waals surface area contributed by atoms with Gasteiger partial charge in [-0.3, -0.25) is 9.13 Å². The highest BCUT2D eigenvalue weighted by Gasteiger charge is 2.05.